The van der Waals surface area contributed by atoms with Gasteiger partial charge in [0.2, 0.25) is 0 Å². The molecular weight excluding hydrogens is 212 g/mol. The molecule has 2 heterocycles. The van der Waals surface area contributed by atoms with E-state index >= 15 is 0 Å². The van der Waals surface area contributed by atoms with Gasteiger partial charge in [0.1, 0.15) is 0 Å². The van der Waals surface area contributed by atoms with E-state index in [2.05, 4.69) is 28.8 Å². The van der Waals surface area contributed by atoms with Gasteiger partial charge in [-0.25, -0.2) is 0 Å². The molecule has 1 atom stereocenters. The van der Waals surface area contributed by atoms with Crippen LogP contribution < -0.4 is 10.6 Å². The summed E-state index contributed by atoms with van der Waals surface area (Å²) in [5.74, 6) is 0. The molecule has 1 saturated heterocycles. The van der Waals surface area contributed by atoms with Crippen molar-refractivity contribution in [1.82, 2.24) is 5.32 Å². The van der Waals surface area contributed by atoms with Crippen molar-refractivity contribution in [2.75, 3.05) is 25.0 Å². The SMILES string of the molecule is c1cc2c(cc1CNCC1CCCO1)NCC2. The van der Waals surface area contributed by atoms with Crippen molar-refractivity contribution in [3.63, 3.8) is 0 Å². The quantitative estimate of drug-likeness (QED) is 0.832. The van der Waals surface area contributed by atoms with E-state index in [-0.39, 0.29) is 0 Å². The Morgan fingerprint density at radius 1 is 1.41 bits per heavy atom. The number of benzene rings is 1. The van der Waals surface area contributed by atoms with Crippen LogP contribution >= 0.6 is 0 Å². The monoisotopic (exact) mass is 232 g/mol. The van der Waals surface area contributed by atoms with Gasteiger partial charge in [-0.1, -0.05) is 12.1 Å². The Hall–Kier alpha value is -1.06. The first-order valence-corrected chi connectivity index (χ1v) is 6.60. The van der Waals surface area contributed by atoms with Crippen molar-refractivity contribution < 1.29 is 4.74 Å². The number of nitrogens with one attached hydrogen (secondary N) is 2. The maximum Gasteiger partial charge on any atom is 0.0700 e. The highest BCUT2D eigenvalue weighted by Crippen LogP contribution is 2.23. The Bertz CT molecular complexity index is 386. The molecular formula is C14H20N2O. The second kappa shape index (κ2) is 5.07. The molecule has 2 N–H and O–H groups in total. The third-order valence-electron chi connectivity index (χ3n) is 3.61. The molecule has 0 spiro atoms. The Kier molecular flexibility index (Phi) is 3.29. The summed E-state index contributed by atoms with van der Waals surface area (Å²) in [5, 5.41) is 6.90. The van der Waals surface area contributed by atoms with Crippen LogP contribution in [-0.2, 0) is 17.7 Å². The zero-order chi connectivity index (χ0) is 11.5. The molecule has 3 heteroatoms. The summed E-state index contributed by atoms with van der Waals surface area (Å²) in [5.41, 5.74) is 4.13. The molecule has 1 aromatic carbocycles. The van der Waals surface area contributed by atoms with Crippen LogP contribution in [-0.4, -0.2) is 25.8 Å². The van der Waals surface area contributed by atoms with Gasteiger partial charge in [0, 0.05) is 31.9 Å². The summed E-state index contributed by atoms with van der Waals surface area (Å²) in [6.45, 7) is 3.94. The van der Waals surface area contributed by atoms with Gasteiger partial charge in [-0.05, 0) is 36.5 Å². The summed E-state index contributed by atoms with van der Waals surface area (Å²) >= 11 is 0. The van der Waals surface area contributed by atoms with Crippen LogP contribution in [0.2, 0.25) is 0 Å². The molecule has 1 unspecified atom stereocenters. The molecule has 2 aliphatic heterocycles. The van der Waals surface area contributed by atoms with Gasteiger partial charge < -0.3 is 15.4 Å². The first-order chi connectivity index (χ1) is 8.42. The predicted octanol–water partition coefficient (Wildman–Crippen LogP) is 1.92. The van der Waals surface area contributed by atoms with E-state index in [1.54, 1.807) is 0 Å². The van der Waals surface area contributed by atoms with Gasteiger partial charge >= 0.3 is 0 Å². The largest absolute Gasteiger partial charge is 0.384 e. The summed E-state index contributed by atoms with van der Waals surface area (Å²) < 4.78 is 5.59. The normalized spacial score (nSPS) is 22.5. The third-order valence-corrected chi connectivity index (χ3v) is 3.61. The van der Waals surface area contributed by atoms with Gasteiger partial charge in [0.05, 0.1) is 6.10 Å². The average Bonchev–Trinajstić information content (AvgIpc) is 2.98. The molecule has 0 amide bonds. The maximum absolute atomic E-state index is 5.59. The zero-order valence-corrected chi connectivity index (χ0v) is 10.2. The fraction of sp³-hybridized carbons (Fsp3) is 0.571. The second-order valence-corrected chi connectivity index (χ2v) is 4.93. The number of hydrogen-bond acceptors (Lipinski definition) is 3. The van der Waals surface area contributed by atoms with Crippen LogP contribution in [0, 0.1) is 0 Å². The molecule has 3 rings (SSSR count). The highest BCUT2D eigenvalue weighted by atomic mass is 16.5. The predicted molar refractivity (Wildman–Crippen MR) is 69.3 cm³/mol. The van der Waals surface area contributed by atoms with Gasteiger partial charge in [0.25, 0.3) is 0 Å². The van der Waals surface area contributed by atoms with E-state index in [9.17, 15) is 0 Å². The summed E-state index contributed by atoms with van der Waals surface area (Å²) in [7, 11) is 0. The molecule has 92 valence electrons. The first kappa shape index (κ1) is 11.1. The summed E-state index contributed by atoms with van der Waals surface area (Å²) in [4.78, 5) is 0. The number of ether oxygens (including phenoxy) is 1. The van der Waals surface area contributed by atoms with Crippen molar-refractivity contribution in [2.24, 2.45) is 0 Å². The van der Waals surface area contributed by atoms with Crippen molar-refractivity contribution in [2.45, 2.75) is 31.9 Å². The zero-order valence-electron chi connectivity index (χ0n) is 10.2. The highest BCUT2D eigenvalue weighted by molar-refractivity contribution is 5.56. The van der Waals surface area contributed by atoms with Gasteiger partial charge in [0.15, 0.2) is 0 Å². The van der Waals surface area contributed by atoms with Crippen LogP contribution in [0.25, 0.3) is 0 Å². The average molecular weight is 232 g/mol. The molecule has 3 nitrogen and oxygen atoms in total. The summed E-state index contributed by atoms with van der Waals surface area (Å²) in [6.07, 6.45) is 4.02. The van der Waals surface area contributed by atoms with E-state index in [1.165, 1.54) is 36.1 Å². The Balaban J connectivity index is 1.51. The van der Waals surface area contributed by atoms with Crippen LogP contribution in [0.5, 0.6) is 0 Å². The van der Waals surface area contributed by atoms with E-state index in [0.717, 1.165) is 26.2 Å². The molecule has 2 aliphatic rings. The lowest BCUT2D eigenvalue weighted by Crippen LogP contribution is -2.25. The minimum atomic E-state index is 0.433. The molecule has 0 saturated carbocycles. The molecule has 1 aromatic rings. The van der Waals surface area contributed by atoms with Gasteiger partial charge in [-0.3, -0.25) is 0 Å². The maximum atomic E-state index is 5.59. The molecule has 0 bridgehead atoms. The molecule has 17 heavy (non-hydrogen) atoms. The molecule has 0 radical (unpaired) electrons. The van der Waals surface area contributed by atoms with E-state index in [4.69, 9.17) is 4.74 Å². The third kappa shape index (κ3) is 2.61. The number of rotatable bonds is 4. The van der Waals surface area contributed by atoms with Gasteiger partial charge in [-0.2, -0.15) is 0 Å². The van der Waals surface area contributed by atoms with Gasteiger partial charge in [-0.15, -0.1) is 0 Å². The fourth-order valence-electron chi connectivity index (χ4n) is 2.63. The summed E-state index contributed by atoms with van der Waals surface area (Å²) in [6, 6.07) is 6.75. The Morgan fingerprint density at radius 2 is 2.41 bits per heavy atom. The van der Waals surface area contributed by atoms with E-state index < -0.39 is 0 Å². The van der Waals surface area contributed by atoms with Crippen LogP contribution in [0.4, 0.5) is 5.69 Å². The number of hydrogen-bond donors (Lipinski definition) is 2. The van der Waals surface area contributed by atoms with Crippen LogP contribution in [0.1, 0.15) is 24.0 Å². The second-order valence-electron chi connectivity index (χ2n) is 4.93. The standard InChI is InChI=1S/C14H20N2O/c1-2-13(17-7-1)10-15-9-11-3-4-12-5-6-16-14(12)8-11/h3-4,8,13,15-16H,1-2,5-7,9-10H2. The first-order valence-electron chi connectivity index (χ1n) is 6.60. The minimum Gasteiger partial charge on any atom is -0.384 e. The Labute approximate surface area is 103 Å². The van der Waals surface area contributed by atoms with E-state index in [0.29, 0.717) is 6.10 Å². The smallest absolute Gasteiger partial charge is 0.0700 e. The van der Waals surface area contributed by atoms with Crippen molar-refractivity contribution >= 4 is 5.69 Å². The fourth-order valence-corrected chi connectivity index (χ4v) is 2.63. The minimum absolute atomic E-state index is 0.433. The molecule has 0 aliphatic carbocycles. The highest BCUT2D eigenvalue weighted by Gasteiger charge is 2.14. The van der Waals surface area contributed by atoms with Crippen molar-refractivity contribution in [3.8, 4) is 0 Å². The molecule has 0 aromatic heterocycles. The topological polar surface area (TPSA) is 33.3 Å². The van der Waals surface area contributed by atoms with Crippen LogP contribution in [0.15, 0.2) is 18.2 Å². The lowest BCUT2D eigenvalue weighted by molar-refractivity contribution is 0.110. The number of anilines is 1. The van der Waals surface area contributed by atoms with Crippen molar-refractivity contribution in [1.29, 1.82) is 0 Å². The Morgan fingerprint density at radius 3 is 3.29 bits per heavy atom. The van der Waals surface area contributed by atoms with Crippen LogP contribution in [0.3, 0.4) is 0 Å². The lowest BCUT2D eigenvalue weighted by Gasteiger charge is -2.11. The number of fused-ring (bicyclic) bond motifs is 1. The molecule has 1 fully saturated rings. The van der Waals surface area contributed by atoms with E-state index in [1.807, 2.05) is 0 Å². The van der Waals surface area contributed by atoms with Crippen molar-refractivity contribution in [3.05, 3.63) is 29.3 Å². The lowest BCUT2D eigenvalue weighted by atomic mass is 10.1.